The highest BCUT2D eigenvalue weighted by Gasteiger charge is 2.13. The average molecular weight is 278 g/mol. The lowest BCUT2D eigenvalue weighted by Crippen LogP contribution is -2.30. The second-order valence-electron chi connectivity index (χ2n) is 4.89. The predicted molar refractivity (Wildman–Crippen MR) is 79.7 cm³/mol. The first kappa shape index (κ1) is 14.1. The van der Waals surface area contributed by atoms with E-state index < -0.39 is 0 Å². The molecule has 102 valence electrons. The normalized spacial score (nSPS) is 12.6. The van der Waals surface area contributed by atoms with Gasteiger partial charge in [-0.2, -0.15) is 5.10 Å². The molecule has 0 aliphatic carbocycles. The van der Waals surface area contributed by atoms with Gasteiger partial charge in [0.1, 0.15) is 0 Å². The first-order valence-corrected chi connectivity index (χ1v) is 6.88. The monoisotopic (exact) mass is 277 g/mol. The van der Waals surface area contributed by atoms with E-state index in [0.29, 0.717) is 6.04 Å². The molecule has 0 aliphatic heterocycles. The van der Waals surface area contributed by atoms with Crippen molar-refractivity contribution in [3.63, 3.8) is 0 Å². The number of rotatable bonds is 5. The Bertz CT molecular complexity index is 548. The third-order valence-corrected chi connectivity index (χ3v) is 3.76. The second kappa shape index (κ2) is 6.22. The average Bonchev–Trinajstić information content (AvgIpc) is 2.69. The van der Waals surface area contributed by atoms with E-state index in [0.717, 1.165) is 23.6 Å². The Morgan fingerprint density at radius 1 is 1.32 bits per heavy atom. The van der Waals surface area contributed by atoms with Crippen LogP contribution >= 0.6 is 11.6 Å². The molecule has 0 saturated heterocycles. The van der Waals surface area contributed by atoms with E-state index in [1.807, 2.05) is 43.9 Å². The van der Waals surface area contributed by atoms with E-state index in [4.69, 9.17) is 11.6 Å². The molecule has 0 spiro atoms. The minimum Gasteiger partial charge on any atom is -0.316 e. The summed E-state index contributed by atoms with van der Waals surface area (Å²) in [6.45, 7) is 2.02. The maximum Gasteiger partial charge on any atom is 0.0596 e. The SMILES string of the molecule is CNC(Cc1ccccc1Cl)Cc1cc(C)nn1C. The van der Waals surface area contributed by atoms with Crippen molar-refractivity contribution in [1.82, 2.24) is 15.1 Å². The highest BCUT2D eigenvalue weighted by molar-refractivity contribution is 6.31. The van der Waals surface area contributed by atoms with E-state index in [-0.39, 0.29) is 0 Å². The predicted octanol–water partition coefficient (Wildman–Crippen LogP) is 2.76. The summed E-state index contributed by atoms with van der Waals surface area (Å²) in [4.78, 5) is 0. The molecule has 0 aliphatic rings. The van der Waals surface area contributed by atoms with Crippen LogP contribution in [0.4, 0.5) is 0 Å². The lowest BCUT2D eigenvalue weighted by atomic mass is 10.0. The van der Waals surface area contributed by atoms with Crippen LogP contribution < -0.4 is 5.32 Å². The summed E-state index contributed by atoms with van der Waals surface area (Å²) in [5.41, 5.74) is 3.48. The molecule has 0 amide bonds. The highest BCUT2D eigenvalue weighted by Crippen LogP contribution is 2.18. The molecule has 19 heavy (non-hydrogen) atoms. The number of likely N-dealkylation sites (N-methyl/N-ethyl adjacent to an activating group) is 1. The molecule has 2 rings (SSSR count). The first-order chi connectivity index (χ1) is 9.10. The number of aryl methyl sites for hydroxylation is 2. The zero-order chi connectivity index (χ0) is 13.8. The van der Waals surface area contributed by atoms with E-state index >= 15 is 0 Å². The van der Waals surface area contributed by atoms with Gasteiger partial charge in [-0.1, -0.05) is 29.8 Å². The molecule has 4 heteroatoms. The summed E-state index contributed by atoms with van der Waals surface area (Å²) in [6.07, 6.45) is 1.86. The molecule has 1 aromatic carbocycles. The van der Waals surface area contributed by atoms with E-state index in [9.17, 15) is 0 Å². The number of nitrogens with one attached hydrogen (secondary N) is 1. The summed E-state index contributed by atoms with van der Waals surface area (Å²) in [5, 5.41) is 8.59. The van der Waals surface area contributed by atoms with Gasteiger partial charge in [0.25, 0.3) is 0 Å². The van der Waals surface area contributed by atoms with Crippen LogP contribution in [0, 0.1) is 6.92 Å². The Morgan fingerprint density at radius 2 is 2.05 bits per heavy atom. The van der Waals surface area contributed by atoms with Crippen molar-refractivity contribution >= 4 is 11.6 Å². The molecule has 0 bridgehead atoms. The fourth-order valence-corrected chi connectivity index (χ4v) is 2.53. The van der Waals surface area contributed by atoms with Gasteiger partial charge in [0.05, 0.1) is 5.69 Å². The fourth-order valence-electron chi connectivity index (χ4n) is 2.31. The number of nitrogens with zero attached hydrogens (tertiary/aromatic N) is 2. The van der Waals surface area contributed by atoms with Crippen molar-refractivity contribution in [3.8, 4) is 0 Å². The fraction of sp³-hybridized carbons (Fsp3) is 0.400. The van der Waals surface area contributed by atoms with Crippen LogP contribution in [0.5, 0.6) is 0 Å². The zero-order valence-corrected chi connectivity index (χ0v) is 12.4. The zero-order valence-electron chi connectivity index (χ0n) is 11.7. The summed E-state index contributed by atoms with van der Waals surface area (Å²) in [6, 6.07) is 10.5. The quantitative estimate of drug-likeness (QED) is 0.911. The summed E-state index contributed by atoms with van der Waals surface area (Å²) in [7, 11) is 3.98. The minimum absolute atomic E-state index is 0.356. The first-order valence-electron chi connectivity index (χ1n) is 6.50. The summed E-state index contributed by atoms with van der Waals surface area (Å²) < 4.78 is 1.95. The van der Waals surface area contributed by atoms with Crippen molar-refractivity contribution in [3.05, 3.63) is 52.3 Å². The Morgan fingerprint density at radius 3 is 2.63 bits per heavy atom. The lowest BCUT2D eigenvalue weighted by molar-refractivity contribution is 0.533. The van der Waals surface area contributed by atoms with E-state index in [1.54, 1.807) is 0 Å². The van der Waals surface area contributed by atoms with Crippen LogP contribution in [0.2, 0.25) is 5.02 Å². The molecule has 1 atom stereocenters. The molecular weight excluding hydrogens is 258 g/mol. The lowest BCUT2D eigenvalue weighted by Gasteiger charge is -2.17. The largest absolute Gasteiger partial charge is 0.316 e. The molecule has 3 nitrogen and oxygen atoms in total. The Labute approximate surface area is 119 Å². The Hall–Kier alpha value is -1.32. The number of hydrogen-bond acceptors (Lipinski definition) is 2. The van der Waals surface area contributed by atoms with Gasteiger partial charge in [0.15, 0.2) is 0 Å². The van der Waals surface area contributed by atoms with Crippen molar-refractivity contribution in [2.24, 2.45) is 7.05 Å². The third kappa shape index (κ3) is 3.58. The smallest absolute Gasteiger partial charge is 0.0596 e. The molecule has 0 fully saturated rings. The van der Waals surface area contributed by atoms with Crippen molar-refractivity contribution in [2.75, 3.05) is 7.05 Å². The molecule has 0 radical (unpaired) electrons. The molecule has 1 heterocycles. The van der Waals surface area contributed by atoms with Gasteiger partial charge in [-0.25, -0.2) is 0 Å². The standard InChI is InChI=1S/C15H20ClN3/c1-11-8-14(19(3)18-11)10-13(17-2)9-12-6-4-5-7-15(12)16/h4-8,13,17H,9-10H2,1-3H3. The Balaban J connectivity index is 2.09. The van der Waals surface area contributed by atoms with Gasteiger partial charge in [0.2, 0.25) is 0 Å². The highest BCUT2D eigenvalue weighted by atomic mass is 35.5. The third-order valence-electron chi connectivity index (χ3n) is 3.39. The van der Waals surface area contributed by atoms with Gasteiger partial charge >= 0.3 is 0 Å². The molecule has 1 N–H and O–H groups in total. The van der Waals surface area contributed by atoms with Gasteiger partial charge in [-0.05, 0) is 38.1 Å². The topological polar surface area (TPSA) is 29.9 Å². The van der Waals surface area contributed by atoms with E-state index in [2.05, 4.69) is 22.5 Å². The maximum atomic E-state index is 6.22. The summed E-state index contributed by atoms with van der Waals surface area (Å²) >= 11 is 6.22. The molecular formula is C15H20ClN3. The second-order valence-corrected chi connectivity index (χ2v) is 5.29. The van der Waals surface area contributed by atoms with Crippen LogP contribution in [0.15, 0.2) is 30.3 Å². The van der Waals surface area contributed by atoms with Gasteiger partial charge in [-0.15, -0.1) is 0 Å². The van der Waals surface area contributed by atoms with Crippen LogP contribution in [0.25, 0.3) is 0 Å². The number of benzene rings is 1. The Kier molecular flexibility index (Phi) is 4.61. The van der Waals surface area contributed by atoms with Gasteiger partial charge in [-0.3, -0.25) is 4.68 Å². The number of hydrogen-bond donors (Lipinski definition) is 1. The van der Waals surface area contributed by atoms with Crippen molar-refractivity contribution < 1.29 is 0 Å². The number of aromatic nitrogens is 2. The maximum absolute atomic E-state index is 6.22. The molecule has 2 aromatic rings. The van der Waals surface area contributed by atoms with Gasteiger partial charge in [0, 0.05) is 30.2 Å². The molecule has 1 unspecified atom stereocenters. The van der Waals surface area contributed by atoms with Crippen LogP contribution in [0.1, 0.15) is 17.0 Å². The van der Waals surface area contributed by atoms with Crippen LogP contribution in [-0.4, -0.2) is 22.9 Å². The minimum atomic E-state index is 0.356. The van der Waals surface area contributed by atoms with Crippen LogP contribution in [-0.2, 0) is 19.9 Å². The number of halogens is 1. The van der Waals surface area contributed by atoms with Gasteiger partial charge < -0.3 is 5.32 Å². The van der Waals surface area contributed by atoms with Crippen molar-refractivity contribution in [2.45, 2.75) is 25.8 Å². The van der Waals surface area contributed by atoms with Crippen molar-refractivity contribution in [1.29, 1.82) is 0 Å². The summed E-state index contributed by atoms with van der Waals surface area (Å²) in [5.74, 6) is 0. The molecule has 0 saturated carbocycles. The van der Waals surface area contributed by atoms with E-state index in [1.165, 1.54) is 11.3 Å². The molecule has 1 aromatic heterocycles. The van der Waals surface area contributed by atoms with Crippen LogP contribution in [0.3, 0.4) is 0 Å².